The fourth-order valence-electron chi connectivity index (χ4n) is 2.03. The predicted octanol–water partition coefficient (Wildman–Crippen LogP) is 4.01. The summed E-state index contributed by atoms with van der Waals surface area (Å²) in [6.45, 7) is 3.88. The van der Waals surface area contributed by atoms with Crippen LogP contribution in [-0.4, -0.2) is 21.4 Å². The first-order valence-corrected chi connectivity index (χ1v) is 8.47. The second kappa shape index (κ2) is 7.35. The molecule has 0 bridgehead atoms. The third kappa shape index (κ3) is 3.86. The number of furan rings is 1. The molecule has 0 aliphatic carbocycles. The summed E-state index contributed by atoms with van der Waals surface area (Å²) in [4.78, 5) is 12.3. The number of nitrogens with zero attached hydrogens (tertiary/aromatic N) is 2. The number of nitrogens with one attached hydrogen (secondary N) is 1. The zero-order chi connectivity index (χ0) is 16.9. The topological polar surface area (TPSA) is 81.2 Å². The Morgan fingerprint density at radius 3 is 2.71 bits per heavy atom. The van der Waals surface area contributed by atoms with Crippen LogP contribution in [0.25, 0.3) is 11.7 Å². The minimum Gasteiger partial charge on any atom is -0.459 e. The standard InChI is InChI=1S/C17H17N3O3S/c1-3-12-6-8-13(9-7-12)18-15(21)11(2)24-17-20-19-16(23-17)14-5-4-10-22-14/h4-11H,3H2,1-2H3,(H,18,21). The van der Waals surface area contributed by atoms with Crippen molar-refractivity contribution in [1.29, 1.82) is 0 Å². The molecule has 1 atom stereocenters. The highest BCUT2D eigenvalue weighted by atomic mass is 32.2. The van der Waals surface area contributed by atoms with Gasteiger partial charge >= 0.3 is 0 Å². The maximum atomic E-state index is 12.3. The Bertz CT molecular complexity index is 797. The lowest BCUT2D eigenvalue weighted by atomic mass is 10.1. The van der Waals surface area contributed by atoms with Gasteiger partial charge in [0.25, 0.3) is 11.1 Å². The molecular weight excluding hydrogens is 326 g/mol. The molecule has 1 aromatic carbocycles. The summed E-state index contributed by atoms with van der Waals surface area (Å²) >= 11 is 1.20. The Kier molecular flexibility index (Phi) is 5.00. The first kappa shape index (κ1) is 16.3. The number of amides is 1. The first-order valence-electron chi connectivity index (χ1n) is 7.59. The lowest BCUT2D eigenvalue weighted by molar-refractivity contribution is -0.115. The van der Waals surface area contributed by atoms with Gasteiger partial charge in [0.15, 0.2) is 5.76 Å². The fraction of sp³-hybridized carbons (Fsp3) is 0.235. The average molecular weight is 343 g/mol. The van der Waals surface area contributed by atoms with Gasteiger partial charge in [0, 0.05) is 5.69 Å². The number of carbonyl (C=O) groups excluding carboxylic acids is 1. The molecule has 0 spiro atoms. The summed E-state index contributed by atoms with van der Waals surface area (Å²) in [5.41, 5.74) is 2.00. The summed E-state index contributed by atoms with van der Waals surface area (Å²) in [5, 5.41) is 10.7. The summed E-state index contributed by atoms with van der Waals surface area (Å²) in [6.07, 6.45) is 2.50. The van der Waals surface area contributed by atoms with E-state index in [4.69, 9.17) is 8.83 Å². The van der Waals surface area contributed by atoms with Crippen molar-refractivity contribution in [3.63, 3.8) is 0 Å². The summed E-state index contributed by atoms with van der Waals surface area (Å²) in [6, 6.07) is 11.3. The molecule has 124 valence electrons. The third-order valence-corrected chi connectivity index (χ3v) is 4.35. The maximum Gasteiger partial charge on any atom is 0.284 e. The normalized spacial score (nSPS) is 12.1. The molecular formula is C17H17N3O3S. The molecule has 3 aromatic rings. The van der Waals surface area contributed by atoms with E-state index in [1.165, 1.54) is 23.6 Å². The Morgan fingerprint density at radius 1 is 1.25 bits per heavy atom. The second-order valence-electron chi connectivity index (χ2n) is 5.15. The largest absolute Gasteiger partial charge is 0.459 e. The van der Waals surface area contributed by atoms with Crippen LogP contribution in [0.4, 0.5) is 5.69 Å². The molecule has 2 heterocycles. The third-order valence-electron chi connectivity index (χ3n) is 3.41. The van der Waals surface area contributed by atoms with Crippen LogP contribution in [0.1, 0.15) is 19.4 Å². The number of carbonyl (C=O) groups is 1. The van der Waals surface area contributed by atoms with E-state index in [0.29, 0.717) is 16.9 Å². The number of rotatable bonds is 6. The van der Waals surface area contributed by atoms with Crippen molar-refractivity contribution in [2.45, 2.75) is 30.7 Å². The zero-order valence-corrected chi connectivity index (χ0v) is 14.2. The Hall–Kier alpha value is -2.54. The van der Waals surface area contributed by atoms with Crippen LogP contribution in [0.3, 0.4) is 0 Å². The van der Waals surface area contributed by atoms with Gasteiger partial charge < -0.3 is 14.2 Å². The molecule has 0 radical (unpaired) electrons. The Labute approximate surface area is 143 Å². The van der Waals surface area contributed by atoms with Gasteiger partial charge in [-0.05, 0) is 43.2 Å². The molecule has 0 fully saturated rings. The molecule has 2 aromatic heterocycles. The fourth-order valence-corrected chi connectivity index (χ4v) is 2.71. The lowest BCUT2D eigenvalue weighted by Gasteiger charge is -2.10. The highest BCUT2D eigenvalue weighted by Gasteiger charge is 2.19. The lowest BCUT2D eigenvalue weighted by Crippen LogP contribution is -2.22. The van der Waals surface area contributed by atoms with Gasteiger partial charge in [-0.1, -0.05) is 30.8 Å². The van der Waals surface area contributed by atoms with E-state index in [1.54, 1.807) is 19.1 Å². The second-order valence-corrected chi connectivity index (χ2v) is 6.44. The van der Waals surface area contributed by atoms with Gasteiger partial charge in [-0.15, -0.1) is 10.2 Å². The number of anilines is 1. The van der Waals surface area contributed by atoms with Gasteiger partial charge in [-0.25, -0.2) is 0 Å². The first-order chi connectivity index (χ1) is 11.7. The van der Waals surface area contributed by atoms with E-state index >= 15 is 0 Å². The molecule has 6 nitrogen and oxygen atoms in total. The number of aromatic nitrogens is 2. The van der Waals surface area contributed by atoms with E-state index in [1.807, 2.05) is 24.3 Å². The van der Waals surface area contributed by atoms with Crippen LogP contribution < -0.4 is 5.32 Å². The molecule has 7 heteroatoms. The number of aryl methyl sites for hydroxylation is 1. The Morgan fingerprint density at radius 2 is 2.04 bits per heavy atom. The van der Waals surface area contributed by atoms with E-state index in [9.17, 15) is 4.79 Å². The SMILES string of the molecule is CCc1ccc(NC(=O)C(C)Sc2nnc(-c3ccco3)o2)cc1. The summed E-state index contributed by atoms with van der Waals surface area (Å²) in [5.74, 6) is 0.676. The quantitative estimate of drug-likeness (QED) is 0.681. The molecule has 24 heavy (non-hydrogen) atoms. The molecule has 0 aliphatic heterocycles. The number of hydrogen-bond acceptors (Lipinski definition) is 6. The highest BCUT2D eigenvalue weighted by Crippen LogP contribution is 2.26. The Balaban J connectivity index is 1.59. The van der Waals surface area contributed by atoms with Crippen molar-refractivity contribution in [3.8, 4) is 11.7 Å². The monoisotopic (exact) mass is 343 g/mol. The summed E-state index contributed by atoms with van der Waals surface area (Å²) in [7, 11) is 0. The van der Waals surface area contributed by atoms with Crippen molar-refractivity contribution in [1.82, 2.24) is 10.2 Å². The van der Waals surface area contributed by atoms with Crippen LogP contribution in [0.2, 0.25) is 0 Å². The predicted molar refractivity (Wildman–Crippen MR) is 91.8 cm³/mol. The van der Waals surface area contributed by atoms with Gasteiger partial charge in [0.2, 0.25) is 5.91 Å². The zero-order valence-electron chi connectivity index (χ0n) is 13.4. The smallest absolute Gasteiger partial charge is 0.284 e. The van der Waals surface area contributed by atoms with Gasteiger partial charge in [0.05, 0.1) is 11.5 Å². The minimum absolute atomic E-state index is 0.123. The van der Waals surface area contributed by atoms with Crippen LogP contribution in [-0.2, 0) is 11.2 Å². The molecule has 1 unspecified atom stereocenters. The van der Waals surface area contributed by atoms with Crippen molar-refractivity contribution in [2.75, 3.05) is 5.32 Å². The molecule has 1 amide bonds. The average Bonchev–Trinajstić information content (AvgIpc) is 3.26. The van der Waals surface area contributed by atoms with E-state index in [0.717, 1.165) is 12.1 Å². The van der Waals surface area contributed by atoms with Gasteiger partial charge in [-0.3, -0.25) is 4.79 Å². The van der Waals surface area contributed by atoms with Crippen molar-refractivity contribution in [3.05, 3.63) is 48.2 Å². The maximum absolute atomic E-state index is 12.3. The molecule has 0 saturated heterocycles. The number of thioether (sulfide) groups is 1. The number of benzene rings is 1. The van der Waals surface area contributed by atoms with Crippen LogP contribution in [0, 0.1) is 0 Å². The molecule has 3 rings (SSSR count). The van der Waals surface area contributed by atoms with E-state index in [2.05, 4.69) is 22.4 Å². The number of hydrogen-bond donors (Lipinski definition) is 1. The van der Waals surface area contributed by atoms with Gasteiger partial charge in [-0.2, -0.15) is 0 Å². The summed E-state index contributed by atoms with van der Waals surface area (Å²) < 4.78 is 10.7. The van der Waals surface area contributed by atoms with E-state index < -0.39 is 0 Å². The minimum atomic E-state index is -0.374. The van der Waals surface area contributed by atoms with E-state index in [-0.39, 0.29) is 11.2 Å². The van der Waals surface area contributed by atoms with Crippen LogP contribution in [0.5, 0.6) is 0 Å². The molecule has 0 aliphatic rings. The van der Waals surface area contributed by atoms with Crippen molar-refractivity contribution < 1.29 is 13.6 Å². The van der Waals surface area contributed by atoms with Crippen LogP contribution in [0.15, 0.2) is 56.7 Å². The molecule has 1 N–H and O–H groups in total. The van der Waals surface area contributed by atoms with Crippen molar-refractivity contribution >= 4 is 23.4 Å². The van der Waals surface area contributed by atoms with Crippen molar-refractivity contribution in [2.24, 2.45) is 0 Å². The highest BCUT2D eigenvalue weighted by molar-refractivity contribution is 8.00. The van der Waals surface area contributed by atoms with Crippen LogP contribution >= 0.6 is 11.8 Å². The molecule has 0 saturated carbocycles. The van der Waals surface area contributed by atoms with Gasteiger partial charge in [0.1, 0.15) is 0 Å².